The van der Waals surface area contributed by atoms with Gasteiger partial charge in [-0.3, -0.25) is 0 Å². The third-order valence-electron chi connectivity index (χ3n) is 7.61. The zero-order valence-electron chi connectivity index (χ0n) is 31.5. The predicted molar refractivity (Wildman–Crippen MR) is 198 cm³/mol. The average molecular weight is 683 g/mol. The molecule has 276 valence electrons. The van der Waals surface area contributed by atoms with Gasteiger partial charge in [0.05, 0.1) is 39.6 Å². The molecule has 0 aliphatic carbocycles. The van der Waals surface area contributed by atoms with Gasteiger partial charge in [0.2, 0.25) is 12.6 Å². The topological polar surface area (TPSA) is 64.6 Å². The Balaban J connectivity index is 2.72. The highest BCUT2D eigenvalue weighted by atomic mass is 16.8. The van der Waals surface area contributed by atoms with Crippen molar-refractivity contribution < 1.29 is 33.2 Å². The van der Waals surface area contributed by atoms with Crippen LogP contribution in [0.1, 0.15) is 130 Å². The summed E-state index contributed by atoms with van der Waals surface area (Å²) >= 11 is 0. The summed E-state index contributed by atoms with van der Waals surface area (Å²) in [5.41, 5.74) is 2.05. The fourth-order valence-corrected chi connectivity index (χ4v) is 5.00. The Kier molecular flexibility index (Phi) is 23.9. The van der Waals surface area contributed by atoms with Gasteiger partial charge in [0.25, 0.3) is 0 Å². The van der Waals surface area contributed by atoms with E-state index >= 15 is 0 Å². The van der Waals surface area contributed by atoms with Crippen molar-refractivity contribution in [3.05, 3.63) is 94.8 Å². The van der Waals surface area contributed by atoms with E-state index in [1.807, 2.05) is 60.7 Å². The van der Waals surface area contributed by atoms with Crippen molar-refractivity contribution in [3.8, 4) is 0 Å². The van der Waals surface area contributed by atoms with Crippen LogP contribution in [0.2, 0.25) is 0 Å². The van der Waals surface area contributed by atoms with Crippen LogP contribution in [0.15, 0.2) is 83.7 Å². The van der Waals surface area contributed by atoms with E-state index in [0.29, 0.717) is 51.2 Å². The van der Waals surface area contributed by atoms with Crippen molar-refractivity contribution in [1.29, 1.82) is 0 Å². The largest absolute Gasteiger partial charge is 0.494 e. The lowest BCUT2D eigenvalue weighted by Gasteiger charge is -2.30. The first kappa shape index (κ1) is 42.2. The summed E-state index contributed by atoms with van der Waals surface area (Å²) in [6.45, 7) is 15.6. The molecule has 0 heterocycles. The Hall–Kier alpha value is -3.00. The van der Waals surface area contributed by atoms with E-state index in [1.165, 1.54) is 0 Å². The van der Waals surface area contributed by atoms with Crippen molar-refractivity contribution in [2.45, 2.75) is 144 Å². The lowest BCUT2D eigenvalue weighted by molar-refractivity contribution is -0.249. The van der Waals surface area contributed by atoms with Gasteiger partial charge in [-0.05, 0) is 49.7 Å². The summed E-state index contributed by atoms with van der Waals surface area (Å²) in [6.07, 6.45) is 9.37. The third kappa shape index (κ3) is 17.5. The second-order valence-corrected chi connectivity index (χ2v) is 12.3. The number of rotatable bonds is 30. The van der Waals surface area contributed by atoms with E-state index in [9.17, 15) is 0 Å². The Morgan fingerprint density at radius 2 is 0.816 bits per heavy atom. The van der Waals surface area contributed by atoms with Crippen LogP contribution in [0.4, 0.5) is 0 Å². The molecule has 0 saturated heterocycles. The number of ether oxygens (including phenoxy) is 7. The molecule has 2 unspecified atom stereocenters. The zero-order valence-corrected chi connectivity index (χ0v) is 31.5. The predicted octanol–water partition coefficient (Wildman–Crippen LogP) is 11.4. The second-order valence-electron chi connectivity index (χ2n) is 12.3. The fraction of sp³-hybridized carbons (Fsp3) is 0.619. The molecule has 0 aromatic heterocycles. The minimum atomic E-state index is -0.927. The quantitative estimate of drug-likeness (QED) is 0.0461. The van der Waals surface area contributed by atoms with Crippen LogP contribution >= 0.6 is 0 Å². The van der Waals surface area contributed by atoms with Crippen molar-refractivity contribution in [2.24, 2.45) is 0 Å². The standard InChI is InChI=1S/C42H66O7/c1-7-13-17-27-37(43-29-9-3)39(45-31-11-5)41(47-33-35-23-19-15-20-24-35)49-42(48-34-36-25-21-16-22-26-36)40(46-32-12-6)38(44-30-10-4)28-18-14-8-2/h15-16,19-26,41-42H,7-14,17-18,27-34H2,1-6H3. The van der Waals surface area contributed by atoms with Gasteiger partial charge in [0.15, 0.2) is 11.5 Å². The molecule has 0 aliphatic rings. The van der Waals surface area contributed by atoms with Gasteiger partial charge in [-0.2, -0.15) is 0 Å². The molecule has 0 N–H and O–H groups in total. The van der Waals surface area contributed by atoms with Gasteiger partial charge >= 0.3 is 0 Å². The van der Waals surface area contributed by atoms with E-state index in [1.54, 1.807) is 0 Å². The minimum Gasteiger partial charge on any atom is -0.494 e. The number of hydrogen-bond acceptors (Lipinski definition) is 7. The van der Waals surface area contributed by atoms with Crippen LogP contribution in [0.5, 0.6) is 0 Å². The summed E-state index contributed by atoms with van der Waals surface area (Å²) in [4.78, 5) is 0. The summed E-state index contributed by atoms with van der Waals surface area (Å²) in [5, 5.41) is 0. The molecule has 2 aromatic carbocycles. The van der Waals surface area contributed by atoms with Gasteiger partial charge in [0, 0.05) is 12.8 Å². The highest BCUT2D eigenvalue weighted by Gasteiger charge is 2.32. The van der Waals surface area contributed by atoms with Gasteiger partial charge < -0.3 is 33.2 Å². The van der Waals surface area contributed by atoms with E-state index in [-0.39, 0.29) is 0 Å². The molecule has 0 fully saturated rings. The molecule has 7 heteroatoms. The normalized spacial score (nSPS) is 13.7. The summed E-state index contributed by atoms with van der Waals surface area (Å²) in [7, 11) is 0. The number of unbranched alkanes of at least 4 members (excludes halogenated alkanes) is 4. The van der Waals surface area contributed by atoms with Crippen LogP contribution in [-0.2, 0) is 46.4 Å². The number of benzene rings is 2. The highest BCUT2D eigenvalue weighted by molar-refractivity contribution is 5.15. The molecular weight excluding hydrogens is 616 g/mol. The highest BCUT2D eigenvalue weighted by Crippen LogP contribution is 2.29. The molecule has 0 radical (unpaired) electrons. The molecule has 0 amide bonds. The number of allylic oxidation sites excluding steroid dienone is 2. The second kappa shape index (κ2) is 27.8. The molecule has 7 nitrogen and oxygen atoms in total. The van der Waals surface area contributed by atoms with Crippen molar-refractivity contribution in [3.63, 3.8) is 0 Å². The van der Waals surface area contributed by atoms with Gasteiger partial charge in [-0.15, -0.1) is 0 Å². The molecule has 2 aromatic rings. The lowest BCUT2D eigenvalue weighted by Crippen LogP contribution is -2.33. The lowest BCUT2D eigenvalue weighted by atomic mass is 10.1. The van der Waals surface area contributed by atoms with E-state index in [0.717, 1.165) is 99.7 Å². The van der Waals surface area contributed by atoms with Crippen molar-refractivity contribution in [1.82, 2.24) is 0 Å². The van der Waals surface area contributed by atoms with Crippen LogP contribution in [-0.4, -0.2) is 39.0 Å². The van der Waals surface area contributed by atoms with Gasteiger partial charge in [-0.1, -0.05) is 128 Å². The molecule has 2 atom stereocenters. The van der Waals surface area contributed by atoms with E-state index in [2.05, 4.69) is 41.5 Å². The molecule has 0 bridgehead atoms. The summed E-state index contributed by atoms with van der Waals surface area (Å²) in [5.74, 6) is 2.67. The Labute approximate surface area is 298 Å². The SMILES string of the molecule is CCCCCC(OCCC)=C(OCCC)C(OCc1ccccc1)OC(OCc1ccccc1)C(OCCC)=C(CCCCC)OCCC. The maximum atomic E-state index is 6.98. The minimum absolute atomic E-state index is 0.316. The van der Waals surface area contributed by atoms with Crippen molar-refractivity contribution >= 4 is 0 Å². The zero-order chi connectivity index (χ0) is 35.4. The van der Waals surface area contributed by atoms with Gasteiger partial charge in [0.1, 0.15) is 11.5 Å². The van der Waals surface area contributed by atoms with Crippen LogP contribution in [0.25, 0.3) is 0 Å². The van der Waals surface area contributed by atoms with Gasteiger partial charge in [-0.25, -0.2) is 0 Å². The molecule has 0 saturated carbocycles. The number of hydrogen-bond donors (Lipinski definition) is 0. The van der Waals surface area contributed by atoms with Crippen molar-refractivity contribution in [2.75, 3.05) is 26.4 Å². The smallest absolute Gasteiger partial charge is 0.223 e. The van der Waals surface area contributed by atoms with Crippen LogP contribution in [0, 0.1) is 0 Å². The third-order valence-corrected chi connectivity index (χ3v) is 7.61. The first-order chi connectivity index (χ1) is 24.1. The summed E-state index contributed by atoms with van der Waals surface area (Å²) < 4.78 is 46.2. The van der Waals surface area contributed by atoms with E-state index < -0.39 is 12.6 Å². The first-order valence-electron chi connectivity index (χ1n) is 19.0. The molecule has 0 spiro atoms. The van der Waals surface area contributed by atoms with E-state index in [4.69, 9.17) is 33.2 Å². The molecular formula is C42H66O7. The molecule has 49 heavy (non-hydrogen) atoms. The Bertz CT molecular complexity index is 1040. The van der Waals surface area contributed by atoms with Crippen LogP contribution in [0.3, 0.4) is 0 Å². The monoisotopic (exact) mass is 682 g/mol. The maximum absolute atomic E-state index is 6.98. The average Bonchev–Trinajstić information content (AvgIpc) is 3.13. The first-order valence-corrected chi connectivity index (χ1v) is 19.0. The Morgan fingerprint density at radius 1 is 0.449 bits per heavy atom. The molecule has 0 aliphatic heterocycles. The molecule has 2 rings (SSSR count). The fourth-order valence-electron chi connectivity index (χ4n) is 5.00. The summed E-state index contributed by atoms with van der Waals surface area (Å²) in [6, 6.07) is 20.2. The maximum Gasteiger partial charge on any atom is 0.223 e. The Morgan fingerprint density at radius 3 is 1.16 bits per heavy atom. The van der Waals surface area contributed by atoms with Crippen LogP contribution < -0.4 is 0 Å².